The standard InChI is InChI=1S/C16H16FN3O/c17-14-6-2-1-5-13(14)16(21)19-15-8-7-12(11-18-15)20-9-3-4-10-20/h1-2,5-8,11H,3-4,9-10H2,(H,18,19,21). The summed E-state index contributed by atoms with van der Waals surface area (Å²) in [7, 11) is 0. The molecule has 1 N–H and O–H groups in total. The molecule has 108 valence electrons. The van der Waals surface area contributed by atoms with Crippen molar-refractivity contribution >= 4 is 17.4 Å². The average molecular weight is 285 g/mol. The Morgan fingerprint density at radius 2 is 1.90 bits per heavy atom. The van der Waals surface area contributed by atoms with Crippen molar-refractivity contribution in [3.8, 4) is 0 Å². The van der Waals surface area contributed by atoms with Crippen LogP contribution in [0.4, 0.5) is 15.9 Å². The minimum atomic E-state index is -0.538. The molecule has 0 aliphatic carbocycles. The van der Waals surface area contributed by atoms with Gasteiger partial charge in [-0.15, -0.1) is 0 Å². The minimum absolute atomic E-state index is 0.0166. The van der Waals surface area contributed by atoms with Crippen LogP contribution in [0.2, 0.25) is 0 Å². The van der Waals surface area contributed by atoms with E-state index >= 15 is 0 Å². The van der Waals surface area contributed by atoms with Gasteiger partial charge in [-0.05, 0) is 37.1 Å². The molecule has 1 aromatic heterocycles. The van der Waals surface area contributed by atoms with Gasteiger partial charge >= 0.3 is 0 Å². The van der Waals surface area contributed by atoms with Crippen molar-refractivity contribution in [2.24, 2.45) is 0 Å². The van der Waals surface area contributed by atoms with E-state index in [1.807, 2.05) is 6.07 Å². The summed E-state index contributed by atoms with van der Waals surface area (Å²) < 4.78 is 13.5. The number of carbonyl (C=O) groups is 1. The number of amides is 1. The maximum absolute atomic E-state index is 13.5. The van der Waals surface area contributed by atoms with Crippen molar-refractivity contribution in [1.29, 1.82) is 0 Å². The predicted octanol–water partition coefficient (Wildman–Crippen LogP) is 3.07. The van der Waals surface area contributed by atoms with E-state index in [1.165, 1.54) is 25.0 Å². The number of nitrogens with zero attached hydrogens (tertiary/aromatic N) is 2. The topological polar surface area (TPSA) is 45.2 Å². The van der Waals surface area contributed by atoms with Gasteiger partial charge in [0.25, 0.3) is 5.91 Å². The maximum atomic E-state index is 13.5. The molecule has 2 aromatic rings. The van der Waals surface area contributed by atoms with Crippen molar-refractivity contribution in [2.75, 3.05) is 23.3 Å². The number of benzene rings is 1. The first-order chi connectivity index (χ1) is 10.2. The van der Waals surface area contributed by atoms with Gasteiger partial charge in [0.2, 0.25) is 0 Å². The van der Waals surface area contributed by atoms with E-state index in [2.05, 4.69) is 15.2 Å². The lowest BCUT2D eigenvalue weighted by Crippen LogP contribution is -2.18. The molecule has 0 bridgehead atoms. The molecule has 1 fully saturated rings. The van der Waals surface area contributed by atoms with Gasteiger partial charge < -0.3 is 10.2 Å². The summed E-state index contributed by atoms with van der Waals surface area (Å²) in [5.74, 6) is -0.607. The summed E-state index contributed by atoms with van der Waals surface area (Å²) in [6, 6.07) is 9.56. The van der Waals surface area contributed by atoms with Gasteiger partial charge in [-0.3, -0.25) is 4.79 Å². The van der Waals surface area contributed by atoms with Gasteiger partial charge in [0, 0.05) is 13.1 Å². The molecule has 1 aliphatic rings. The third-order valence-corrected chi connectivity index (χ3v) is 3.58. The Morgan fingerprint density at radius 1 is 1.14 bits per heavy atom. The zero-order valence-electron chi connectivity index (χ0n) is 11.6. The molecule has 4 nitrogen and oxygen atoms in total. The first-order valence-corrected chi connectivity index (χ1v) is 7.01. The maximum Gasteiger partial charge on any atom is 0.259 e. The highest BCUT2D eigenvalue weighted by Gasteiger charge is 2.14. The van der Waals surface area contributed by atoms with Crippen LogP contribution in [0, 0.1) is 5.82 Å². The fraction of sp³-hybridized carbons (Fsp3) is 0.250. The van der Waals surface area contributed by atoms with E-state index in [4.69, 9.17) is 0 Å². The van der Waals surface area contributed by atoms with Gasteiger partial charge in [-0.2, -0.15) is 0 Å². The Balaban J connectivity index is 1.70. The zero-order chi connectivity index (χ0) is 14.7. The monoisotopic (exact) mass is 285 g/mol. The highest BCUT2D eigenvalue weighted by molar-refractivity contribution is 6.03. The molecule has 1 aromatic carbocycles. The Hall–Kier alpha value is -2.43. The molecule has 0 atom stereocenters. The van der Waals surface area contributed by atoms with Gasteiger partial charge in [0.15, 0.2) is 0 Å². The van der Waals surface area contributed by atoms with E-state index in [-0.39, 0.29) is 5.56 Å². The number of aromatic nitrogens is 1. The zero-order valence-corrected chi connectivity index (χ0v) is 11.6. The molecular weight excluding hydrogens is 269 g/mol. The van der Waals surface area contributed by atoms with Crippen LogP contribution >= 0.6 is 0 Å². The molecule has 1 aliphatic heterocycles. The fourth-order valence-electron chi connectivity index (χ4n) is 2.45. The van der Waals surface area contributed by atoms with Crippen LogP contribution in [-0.4, -0.2) is 24.0 Å². The number of hydrogen-bond donors (Lipinski definition) is 1. The van der Waals surface area contributed by atoms with E-state index < -0.39 is 11.7 Å². The number of nitrogens with one attached hydrogen (secondary N) is 1. The summed E-state index contributed by atoms with van der Waals surface area (Å²) in [5, 5.41) is 2.61. The second-order valence-corrected chi connectivity index (χ2v) is 5.03. The van der Waals surface area contributed by atoms with Crippen molar-refractivity contribution < 1.29 is 9.18 Å². The third kappa shape index (κ3) is 3.02. The van der Waals surface area contributed by atoms with Crippen LogP contribution in [-0.2, 0) is 0 Å². The van der Waals surface area contributed by atoms with Gasteiger partial charge in [0.05, 0.1) is 17.4 Å². The summed E-state index contributed by atoms with van der Waals surface area (Å²) in [6.45, 7) is 2.09. The first kappa shape index (κ1) is 13.5. The minimum Gasteiger partial charge on any atom is -0.370 e. The van der Waals surface area contributed by atoms with Crippen LogP contribution in [0.5, 0.6) is 0 Å². The molecule has 21 heavy (non-hydrogen) atoms. The second-order valence-electron chi connectivity index (χ2n) is 5.03. The van der Waals surface area contributed by atoms with Crippen molar-refractivity contribution in [2.45, 2.75) is 12.8 Å². The lowest BCUT2D eigenvalue weighted by molar-refractivity contribution is 0.102. The molecular formula is C16H16FN3O. The van der Waals surface area contributed by atoms with Crippen molar-refractivity contribution in [3.05, 3.63) is 54.0 Å². The average Bonchev–Trinajstić information content (AvgIpc) is 3.02. The normalized spacial score (nSPS) is 14.2. The largest absolute Gasteiger partial charge is 0.370 e. The Kier molecular flexibility index (Phi) is 3.81. The molecule has 0 radical (unpaired) electrons. The molecule has 3 rings (SSSR count). The highest BCUT2D eigenvalue weighted by atomic mass is 19.1. The molecule has 0 saturated carbocycles. The Labute approximate surface area is 122 Å². The second kappa shape index (κ2) is 5.91. The molecule has 5 heteroatoms. The predicted molar refractivity (Wildman–Crippen MR) is 80.0 cm³/mol. The van der Waals surface area contributed by atoms with E-state index in [1.54, 1.807) is 24.4 Å². The smallest absolute Gasteiger partial charge is 0.259 e. The number of anilines is 2. The number of carbonyl (C=O) groups excluding carboxylic acids is 1. The summed E-state index contributed by atoms with van der Waals surface area (Å²) in [5.41, 5.74) is 1.07. The van der Waals surface area contributed by atoms with Gasteiger partial charge in [-0.1, -0.05) is 12.1 Å². The lowest BCUT2D eigenvalue weighted by Gasteiger charge is -2.17. The Morgan fingerprint density at radius 3 is 2.57 bits per heavy atom. The summed E-state index contributed by atoms with van der Waals surface area (Å²) in [6.07, 6.45) is 4.14. The van der Waals surface area contributed by atoms with Crippen LogP contribution in [0.1, 0.15) is 23.2 Å². The molecule has 0 unspecified atom stereocenters. The van der Waals surface area contributed by atoms with Crippen LogP contribution in [0.3, 0.4) is 0 Å². The number of pyridine rings is 1. The van der Waals surface area contributed by atoms with Crippen LogP contribution in [0.15, 0.2) is 42.6 Å². The first-order valence-electron chi connectivity index (χ1n) is 7.01. The molecule has 0 spiro atoms. The number of halogens is 1. The number of hydrogen-bond acceptors (Lipinski definition) is 3. The SMILES string of the molecule is O=C(Nc1ccc(N2CCCC2)cn1)c1ccccc1F. The fourth-order valence-corrected chi connectivity index (χ4v) is 2.45. The van der Waals surface area contributed by atoms with Crippen LogP contribution < -0.4 is 10.2 Å². The highest BCUT2D eigenvalue weighted by Crippen LogP contribution is 2.20. The lowest BCUT2D eigenvalue weighted by atomic mass is 10.2. The van der Waals surface area contributed by atoms with Crippen molar-refractivity contribution in [1.82, 2.24) is 4.98 Å². The molecule has 1 amide bonds. The summed E-state index contributed by atoms with van der Waals surface area (Å²) >= 11 is 0. The third-order valence-electron chi connectivity index (χ3n) is 3.58. The van der Waals surface area contributed by atoms with Crippen LogP contribution in [0.25, 0.3) is 0 Å². The molecule has 1 saturated heterocycles. The van der Waals surface area contributed by atoms with Crippen molar-refractivity contribution in [3.63, 3.8) is 0 Å². The number of rotatable bonds is 3. The summed E-state index contributed by atoms with van der Waals surface area (Å²) in [4.78, 5) is 18.5. The van der Waals surface area contributed by atoms with E-state index in [0.29, 0.717) is 5.82 Å². The quantitative estimate of drug-likeness (QED) is 0.942. The van der Waals surface area contributed by atoms with Gasteiger partial charge in [0.1, 0.15) is 11.6 Å². The Bertz CT molecular complexity index is 636. The van der Waals surface area contributed by atoms with Gasteiger partial charge in [-0.25, -0.2) is 9.37 Å². The molecule has 2 heterocycles. The van der Waals surface area contributed by atoms with E-state index in [0.717, 1.165) is 18.8 Å². The van der Waals surface area contributed by atoms with E-state index in [9.17, 15) is 9.18 Å².